The van der Waals surface area contributed by atoms with Gasteiger partial charge in [-0.15, -0.1) is 0 Å². The van der Waals surface area contributed by atoms with Crippen LogP contribution in [-0.4, -0.2) is 14.5 Å². The number of aromatic nitrogens is 3. The number of nitrogens with two attached hydrogens (primary N) is 1. The summed E-state index contributed by atoms with van der Waals surface area (Å²) in [6.07, 6.45) is -4.51. The van der Waals surface area contributed by atoms with Crippen molar-refractivity contribution >= 4 is 28.0 Å². The van der Waals surface area contributed by atoms with Crippen LogP contribution in [0.15, 0.2) is 35.6 Å². The van der Waals surface area contributed by atoms with Gasteiger partial charge in [0, 0.05) is 18.4 Å². The third kappa shape index (κ3) is 4.00. The summed E-state index contributed by atoms with van der Waals surface area (Å²) < 4.78 is 40.9. The van der Waals surface area contributed by atoms with Gasteiger partial charge in [-0.05, 0) is 56.2 Å². The van der Waals surface area contributed by atoms with Crippen LogP contribution in [-0.2, 0) is 13.2 Å². The van der Waals surface area contributed by atoms with Gasteiger partial charge in [0.1, 0.15) is 17.2 Å². The fraction of sp³-hybridized carbons (Fsp3) is 0.286. The van der Waals surface area contributed by atoms with Gasteiger partial charge in [0.2, 0.25) is 0 Å². The van der Waals surface area contributed by atoms with Crippen LogP contribution in [0.1, 0.15) is 42.5 Å². The highest BCUT2D eigenvalue weighted by Crippen LogP contribution is 2.34. The molecule has 0 radical (unpaired) electrons. The van der Waals surface area contributed by atoms with Gasteiger partial charge in [-0.1, -0.05) is 6.58 Å². The average molecular weight is 417 g/mol. The van der Waals surface area contributed by atoms with Crippen molar-refractivity contribution in [2.45, 2.75) is 33.0 Å². The molecular formula is C21H22F3N5O. The summed E-state index contributed by atoms with van der Waals surface area (Å²) in [5.74, 6) is 0.710. The van der Waals surface area contributed by atoms with Crippen molar-refractivity contribution in [1.29, 1.82) is 0 Å². The molecule has 1 atom stereocenters. The van der Waals surface area contributed by atoms with E-state index in [0.29, 0.717) is 33.9 Å². The number of nitrogens with one attached hydrogen (secondary N) is 1. The van der Waals surface area contributed by atoms with E-state index in [4.69, 9.17) is 5.73 Å². The average Bonchev–Trinajstić information content (AvgIpc) is 2.63. The summed E-state index contributed by atoms with van der Waals surface area (Å²) in [4.78, 5) is 21.4. The summed E-state index contributed by atoms with van der Waals surface area (Å²) in [7, 11) is 1.63. The lowest BCUT2D eigenvalue weighted by atomic mass is 10.0. The molecule has 0 saturated heterocycles. The van der Waals surface area contributed by atoms with Gasteiger partial charge in [0.25, 0.3) is 5.56 Å². The lowest BCUT2D eigenvalue weighted by Crippen LogP contribution is -2.22. The van der Waals surface area contributed by atoms with Gasteiger partial charge in [-0.2, -0.15) is 13.2 Å². The molecule has 9 heteroatoms. The van der Waals surface area contributed by atoms with Crippen molar-refractivity contribution < 1.29 is 13.2 Å². The molecule has 158 valence electrons. The lowest BCUT2D eigenvalue weighted by molar-refractivity contribution is -0.137. The first kappa shape index (κ1) is 21.4. The van der Waals surface area contributed by atoms with Crippen LogP contribution >= 0.6 is 0 Å². The fourth-order valence-electron chi connectivity index (χ4n) is 3.28. The van der Waals surface area contributed by atoms with Crippen molar-refractivity contribution in [3.8, 4) is 0 Å². The van der Waals surface area contributed by atoms with Crippen molar-refractivity contribution in [2.75, 3.05) is 11.1 Å². The van der Waals surface area contributed by atoms with E-state index in [2.05, 4.69) is 21.9 Å². The number of alkyl halides is 3. The Morgan fingerprint density at radius 3 is 2.50 bits per heavy atom. The van der Waals surface area contributed by atoms with E-state index in [9.17, 15) is 18.0 Å². The Morgan fingerprint density at radius 1 is 1.23 bits per heavy atom. The quantitative estimate of drug-likeness (QED) is 0.613. The highest BCUT2D eigenvalue weighted by atomic mass is 19.4. The molecule has 0 amide bonds. The Labute approximate surface area is 171 Å². The number of rotatable bonds is 4. The van der Waals surface area contributed by atoms with Crippen LogP contribution in [0, 0.1) is 6.92 Å². The molecule has 0 aliphatic heterocycles. The van der Waals surface area contributed by atoms with Crippen molar-refractivity contribution in [3.05, 3.63) is 63.8 Å². The Balaban J connectivity index is 2.13. The maximum Gasteiger partial charge on any atom is 0.416 e. The standard InChI is InChI=1S/C21H22F3N5O/c1-10(2)17-9-16-18(20(30)29(17)5)27-12(4)28-19(16)26-11(3)13-6-14(21(22,23)24)8-15(25)7-13/h6-9,11H,1,25H2,2-5H3,(H,26,27,28)/t11-/m1/s1. The molecule has 0 bridgehead atoms. The third-order valence-corrected chi connectivity index (χ3v) is 4.80. The number of halogens is 3. The summed E-state index contributed by atoms with van der Waals surface area (Å²) in [5, 5.41) is 3.58. The second-order valence-corrected chi connectivity index (χ2v) is 7.31. The fourth-order valence-corrected chi connectivity index (χ4v) is 3.28. The van der Waals surface area contributed by atoms with Gasteiger partial charge in [0.05, 0.1) is 17.0 Å². The van der Waals surface area contributed by atoms with E-state index in [1.54, 1.807) is 33.9 Å². The van der Waals surface area contributed by atoms with E-state index >= 15 is 0 Å². The van der Waals surface area contributed by atoms with E-state index < -0.39 is 17.8 Å². The zero-order chi connectivity index (χ0) is 22.4. The molecule has 0 saturated carbocycles. The predicted molar refractivity (Wildman–Crippen MR) is 112 cm³/mol. The number of fused-ring (bicyclic) bond motifs is 1. The topological polar surface area (TPSA) is 85.8 Å². The van der Waals surface area contributed by atoms with Gasteiger partial charge < -0.3 is 15.6 Å². The highest BCUT2D eigenvalue weighted by molar-refractivity contribution is 5.90. The molecule has 6 nitrogen and oxygen atoms in total. The van der Waals surface area contributed by atoms with E-state index in [1.807, 2.05) is 0 Å². The zero-order valence-electron chi connectivity index (χ0n) is 17.1. The van der Waals surface area contributed by atoms with Gasteiger partial charge in [-0.25, -0.2) is 9.97 Å². The Kier molecular flexibility index (Phi) is 5.32. The SMILES string of the molecule is C=C(C)c1cc2c(N[C@H](C)c3cc(N)cc(C(F)(F)F)c3)nc(C)nc2c(=O)n1C. The second kappa shape index (κ2) is 7.47. The number of allylic oxidation sites excluding steroid dienone is 1. The molecular weight excluding hydrogens is 395 g/mol. The number of nitrogens with zero attached hydrogens (tertiary/aromatic N) is 3. The molecule has 0 spiro atoms. The Bertz CT molecular complexity index is 1210. The van der Waals surface area contributed by atoms with Crippen LogP contribution in [0.5, 0.6) is 0 Å². The summed E-state index contributed by atoms with van der Waals surface area (Å²) >= 11 is 0. The smallest absolute Gasteiger partial charge is 0.399 e. The Morgan fingerprint density at radius 2 is 1.90 bits per heavy atom. The first-order chi connectivity index (χ1) is 13.9. The van der Waals surface area contributed by atoms with E-state index in [1.165, 1.54) is 10.6 Å². The van der Waals surface area contributed by atoms with Crippen LogP contribution in [0.2, 0.25) is 0 Å². The van der Waals surface area contributed by atoms with Crippen molar-refractivity contribution in [3.63, 3.8) is 0 Å². The van der Waals surface area contributed by atoms with Crippen LogP contribution in [0.3, 0.4) is 0 Å². The predicted octanol–water partition coefficient (Wildman–Crippen LogP) is 4.44. The number of hydrogen-bond acceptors (Lipinski definition) is 5. The number of hydrogen-bond donors (Lipinski definition) is 2. The molecule has 1 aromatic carbocycles. The minimum Gasteiger partial charge on any atom is -0.399 e. The first-order valence-electron chi connectivity index (χ1n) is 9.17. The second-order valence-electron chi connectivity index (χ2n) is 7.31. The van der Waals surface area contributed by atoms with E-state index in [0.717, 1.165) is 12.1 Å². The number of anilines is 2. The number of benzene rings is 1. The molecule has 3 aromatic rings. The zero-order valence-corrected chi connectivity index (χ0v) is 17.1. The van der Waals surface area contributed by atoms with Crippen molar-refractivity contribution in [1.82, 2.24) is 14.5 Å². The number of aryl methyl sites for hydroxylation is 1. The third-order valence-electron chi connectivity index (χ3n) is 4.80. The van der Waals surface area contributed by atoms with Gasteiger partial charge >= 0.3 is 6.18 Å². The maximum atomic E-state index is 13.2. The molecule has 30 heavy (non-hydrogen) atoms. The van der Waals surface area contributed by atoms with Gasteiger partial charge in [-0.3, -0.25) is 4.79 Å². The largest absolute Gasteiger partial charge is 0.416 e. The molecule has 2 aromatic heterocycles. The molecule has 3 rings (SSSR count). The van der Waals surface area contributed by atoms with E-state index in [-0.39, 0.29) is 16.8 Å². The normalized spacial score (nSPS) is 12.8. The molecule has 3 N–H and O–H groups in total. The monoisotopic (exact) mass is 417 g/mol. The Hall–Kier alpha value is -3.36. The minimum absolute atomic E-state index is 0.00985. The van der Waals surface area contributed by atoms with Crippen LogP contribution in [0.25, 0.3) is 16.5 Å². The molecule has 0 unspecified atom stereocenters. The maximum absolute atomic E-state index is 13.2. The number of nitrogen functional groups attached to an aromatic ring is 1. The lowest BCUT2D eigenvalue weighted by Gasteiger charge is -2.19. The summed E-state index contributed by atoms with van der Waals surface area (Å²) in [5.41, 5.74) is 6.41. The van der Waals surface area contributed by atoms with Crippen LogP contribution < -0.4 is 16.6 Å². The van der Waals surface area contributed by atoms with Gasteiger partial charge in [0.15, 0.2) is 0 Å². The van der Waals surface area contributed by atoms with Crippen LogP contribution in [0.4, 0.5) is 24.7 Å². The minimum atomic E-state index is -4.51. The molecule has 0 aliphatic carbocycles. The van der Waals surface area contributed by atoms with Crippen molar-refractivity contribution in [2.24, 2.45) is 7.05 Å². The molecule has 0 aliphatic rings. The number of pyridine rings is 1. The highest BCUT2D eigenvalue weighted by Gasteiger charge is 2.31. The molecule has 0 fully saturated rings. The summed E-state index contributed by atoms with van der Waals surface area (Å²) in [6.45, 7) is 9.00. The first-order valence-corrected chi connectivity index (χ1v) is 9.17. The molecule has 2 heterocycles. The summed E-state index contributed by atoms with van der Waals surface area (Å²) in [6, 6.07) is 4.59.